The molecule has 0 saturated carbocycles. The predicted octanol–water partition coefficient (Wildman–Crippen LogP) is 3.92. The van der Waals surface area contributed by atoms with Crippen molar-refractivity contribution in [2.24, 2.45) is 4.99 Å². The summed E-state index contributed by atoms with van der Waals surface area (Å²) in [5.74, 6) is 0.891. The first kappa shape index (κ1) is 20.4. The van der Waals surface area contributed by atoms with Gasteiger partial charge in [0.2, 0.25) is 0 Å². The summed E-state index contributed by atoms with van der Waals surface area (Å²) in [6.45, 7) is 3.98. The van der Waals surface area contributed by atoms with Crippen molar-refractivity contribution in [3.8, 4) is 0 Å². The van der Waals surface area contributed by atoms with Crippen molar-refractivity contribution in [3.63, 3.8) is 0 Å². The molecule has 1 heterocycles. The van der Waals surface area contributed by atoms with Crippen molar-refractivity contribution in [1.82, 2.24) is 15.6 Å². The number of aliphatic imine (C=N–C) groups is 1. The summed E-state index contributed by atoms with van der Waals surface area (Å²) in [5.41, 5.74) is 2.78. The van der Waals surface area contributed by atoms with E-state index in [4.69, 9.17) is 0 Å². The summed E-state index contributed by atoms with van der Waals surface area (Å²) >= 11 is 1.75. The summed E-state index contributed by atoms with van der Waals surface area (Å²) in [7, 11) is 1.83. The Labute approximate surface area is 161 Å². The van der Waals surface area contributed by atoms with Gasteiger partial charge in [0, 0.05) is 31.9 Å². The molecule has 0 unspecified atom stereocenters. The van der Waals surface area contributed by atoms with Crippen LogP contribution in [-0.4, -0.2) is 31.1 Å². The lowest BCUT2D eigenvalue weighted by Crippen LogP contribution is -2.38. The van der Waals surface area contributed by atoms with Crippen molar-refractivity contribution in [1.29, 1.82) is 0 Å². The van der Waals surface area contributed by atoms with E-state index in [1.54, 1.807) is 16.9 Å². The van der Waals surface area contributed by atoms with Gasteiger partial charge in [-0.05, 0) is 38.5 Å². The second-order valence-electron chi connectivity index (χ2n) is 5.62. The molecule has 23 heavy (non-hydrogen) atoms. The SMILES string of the molecule is CCc1nc(CCNC(=NC)NCCC2=CCCCC2)cs1.I. The third-order valence-electron chi connectivity index (χ3n) is 3.92. The first-order valence-corrected chi connectivity index (χ1v) is 9.25. The number of hydrogen-bond acceptors (Lipinski definition) is 3. The van der Waals surface area contributed by atoms with Gasteiger partial charge in [-0.3, -0.25) is 4.99 Å². The molecule has 0 bridgehead atoms. The van der Waals surface area contributed by atoms with E-state index in [9.17, 15) is 0 Å². The summed E-state index contributed by atoms with van der Waals surface area (Å²) < 4.78 is 0. The Morgan fingerprint density at radius 2 is 2.04 bits per heavy atom. The highest BCUT2D eigenvalue weighted by Crippen LogP contribution is 2.19. The first-order valence-electron chi connectivity index (χ1n) is 8.37. The van der Waals surface area contributed by atoms with Crippen molar-refractivity contribution in [2.45, 2.75) is 51.9 Å². The zero-order valence-electron chi connectivity index (χ0n) is 14.2. The minimum Gasteiger partial charge on any atom is -0.356 e. The van der Waals surface area contributed by atoms with Gasteiger partial charge in [-0.2, -0.15) is 0 Å². The number of guanidine groups is 1. The third kappa shape index (κ3) is 7.65. The molecule has 1 aliphatic rings. The van der Waals surface area contributed by atoms with Crippen molar-refractivity contribution >= 4 is 41.3 Å². The number of aryl methyl sites for hydroxylation is 1. The summed E-state index contributed by atoms with van der Waals surface area (Å²) in [6.07, 6.45) is 10.8. The van der Waals surface area contributed by atoms with Crippen LogP contribution in [0.5, 0.6) is 0 Å². The van der Waals surface area contributed by atoms with Crippen molar-refractivity contribution in [2.75, 3.05) is 20.1 Å². The molecule has 0 aliphatic heterocycles. The molecule has 0 atom stereocenters. The molecule has 4 nitrogen and oxygen atoms in total. The number of allylic oxidation sites excluding steroid dienone is 1. The maximum atomic E-state index is 4.59. The van der Waals surface area contributed by atoms with E-state index in [0.717, 1.165) is 38.3 Å². The minimum absolute atomic E-state index is 0. The standard InChI is InChI=1S/C17H28N4S.HI/c1-3-16-21-15(13-22-16)10-12-20-17(18-2)19-11-9-14-7-5-4-6-8-14;/h7,13H,3-6,8-12H2,1-2H3,(H2,18,19,20);1H. The maximum absolute atomic E-state index is 4.59. The van der Waals surface area contributed by atoms with Crippen LogP contribution in [-0.2, 0) is 12.8 Å². The van der Waals surface area contributed by atoms with Gasteiger partial charge in [0.25, 0.3) is 0 Å². The smallest absolute Gasteiger partial charge is 0.190 e. The fraction of sp³-hybridized carbons (Fsp3) is 0.647. The van der Waals surface area contributed by atoms with Crippen LogP contribution in [0.4, 0.5) is 0 Å². The molecule has 0 amide bonds. The highest BCUT2D eigenvalue weighted by molar-refractivity contribution is 14.0. The number of hydrogen-bond donors (Lipinski definition) is 2. The highest BCUT2D eigenvalue weighted by atomic mass is 127. The van der Waals surface area contributed by atoms with Crippen LogP contribution in [0.25, 0.3) is 0 Å². The van der Waals surface area contributed by atoms with E-state index in [2.05, 4.69) is 39.0 Å². The van der Waals surface area contributed by atoms with E-state index in [1.807, 2.05) is 7.05 Å². The molecule has 2 rings (SSSR count). The van der Waals surface area contributed by atoms with Crippen LogP contribution in [0.2, 0.25) is 0 Å². The normalized spacial score (nSPS) is 14.9. The molecular formula is C17H29IN4S. The van der Waals surface area contributed by atoms with Crippen LogP contribution in [0.3, 0.4) is 0 Å². The summed E-state index contributed by atoms with van der Waals surface area (Å²) in [4.78, 5) is 8.87. The predicted molar refractivity (Wildman–Crippen MR) is 111 cm³/mol. The average Bonchev–Trinajstić information content (AvgIpc) is 3.02. The second-order valence-corrected chi connectivity index (χ2v) is 6.56. The second kappa shape index (κ2) is 11.8. The quantitative estimate of drug-likeness (QED) is 0.288. The largest absolute Gasteiger partial charge is 0.356 e. The molecule has 2 N–H and O–H groups in total. The first-order chi connectivity index (χ1) is 10.8. The van der Waals surface area contributed by atoms with Crippen LogP contribution >= 0.6 is 35.3 Å². The number of thiazole rings is 1. The maximum Gasteiger partial charge on any atom is 0.190 e. The average molecular weight is 448 g/mol. The van der Waals surface area contributed by atoms with E-state index < -0.39 is 0 Å². The minimum atomic E-state index is 0. The lowest BCUT2D eigenvalue weighted by Gasteiger charge is -2.15. The van der Waals surface area contributed by atoms with Gasteiger partial charge < -0.3 is 10.6 Å². The Morgan fingerprint density at radius 3 is 2.65 bits per heavy atom. The van der Waals surface area contributed by atoms with E-state index in [0.29, 0.717) is 0 Å². The molecule has 130 valence electrons. The topological polar surface area (TPSA) is 49.3 Å². The number of aromatic nitrogens is 1. The van der Waals surface area contributed by atoms with Gasteiger partial charge in [-0.15, -0.1) is 35.3 Å². The number of halogens is 1. The third-order valence-corrected chi connectivity index (χ3v) is 4.96. The van der Waals surface area contributed by atoms with E-state index in [1.165, 1.54) is 36.4 Å². The number of nitrogens with one attached hydrogen (secondary N) is 2. The van der Waals surface area contributed by atoms with Gasteiger partial charge in [0.15, 0.2) is 5.96 Å². The van der Waals surface area contributed by atoms with Gasteiger partial charge >= 0.3 is 0 Å². The lowest BCUT2D eigenvalue weighted by molar-refractivity contribution is 0.665. The molecule has 1 aromatic rings. The lowest BCUT2D eigenvalue weighted by atomic mass is 9.97. The Bertz CT molecular complexity index is 510. The van der Waals surface area contributed by atoms with Crippen molar-refractivity contribution < 1.29 is 0 Å². The van der Waals surface area contributed by atoms with Gasteiger partial charge in [0.05, 0.1) is 10.7 Å². The Kier molecular flexibility index (Phi) is 10.5. The van der Waals surface area contributed by atoms with Gasteiger partial charge in [-0.1, -0.05) is 18.6 Å². The van der Waals surface area contributed by atoms with Crippen LogP contribution in [0.1, 0.15) is 49.7 Å². The van der Waals surface area contributed by atoms with Crippen LogP contribution in [0, 0.1) is 0 Å². The monoisotopic (exact) mass is 448 g/mol. The Balaban J connectivity index is 0.00000264. The fourth-order valence-corrected chi connectivity index (χ4v) is 3.41. The zero-order valence-corrected chi connectivity index (χ0v) is 17.4. The molecule has 0 aromatic carbocycles. The van der Waals surface area contributed by atoms with Gasteiger partial charge in [0.1, 0.15) is 0 Å². The summed E-state index contributed by atoms with van der Waals surface area (Å²) in [6, 6.07) is 0. The Morgan fingerprint density at radius 1 is 1.26 bits per heavy atom. The summed E-state index contributed by atoms with van der Waals surface area (Å²) in [5, 5.41) is 10.1. The Hall–Kier alpha value is -0.630. The number of nitrogens with zero attached hydrogens (tertiary/aromatic N) is 2. The van der Waals surface area contributed by atoms with Crippen molar-refractivity contribution in [3.05, 3.63) is 27.7 Å². The molecule has 0 fully saturated rings. The molecule has 1 aliphatic carbocycles. The fourth-order valence-electron chi connectivity index (χ4n) is 2.63. The molecule has 0 spiro atoms. The number of rotatable bonds is 7. The molecule has 0 radical (unpaired) electrons. The highest BCUT2D eigenvalue weighted by Gasteiger charge is 2.04. The molecule has 0 saturated heterocycles. The molecule has 6 heteroatoms. The molecule has 1 aromatic heterocycles. The molecular weight excluding hydrogens is 419 g/mol. The van der Waals surface area contributed by atoms with Crippen LogP contribution in [0.15, 0.2) is 22.0 Å². The van der Waals surface area contributed by atoms with Crippen LogP contribution < -0.4 is 10.6 Å². The van der Waals surface area contributed by atoms with Gasteiger partial charge in [-0.25, -0.2) is 4.98 Å². The van der Waals surface area contributed by atoms with E-state index in [-0.39, 0.29) is 24.0 Å². The zero-order chi connectivity index (χ0) is 15.6. The van der Waals surface area contributed by atoms with E-state index >= 15 is 0 Å².